The summed E-state index contributed by atoms with van der Waals surface area (Å²) in [6.07, 6.45) is 1.37. The topological polar surface area (TPSA) is 55.1 Å². The number of hydrogen-bond donors (Lipinski definition) is 2. The molecule has 0 aliphatic heterocycles. The first-order chi connectivity index (χ1) is 7.99. The minimum atomic E-state index is -0.156. The first kappa shape index (κ1) is 14.4. The SMILES string of the molecule is NC(=S)CCCNC(=O)c1cc(Cl)cc(Br)c1. The molecule has 0 atom stereocenters. The van der Waals surface area contributed by atoms with E-state index in [0.717, 1.165) is 10.9 Å². The third kappa shape index (κ3) is 5.48. The lowest BCUT2D eigenvalue weighted by atomic mass is 10.2. The summed E-state index contributed by atoms with van der Waals surface area (Å²) in [6, 6.07) is 5.06. The average Bonchev–Trinajstić information content (AvgIpc) is 2.22. The fourth-order valence-electron chi connectivity index (χ4n) is 1.25. The van der Waals surface area contributed by atoms with Crippen molar-refractivity contribution < 1.29 is 4.79 Å². The minimum absolute atomic E-state index is 0.156. The number of rotatable bonds is 5. The zero-order chi connectivity index (χ0) is 12.8. The smallest absolute Gasteiger partial charge is 0.251 e. The minimum Gasteiger partial charge on any atom is -0.393 e. The highest BCUT2D eigenvalue weighted by Crippen LogP contribution is 2.19. The number of hydrogen-bond acceptors (Lipinski definition) is 2. The molecule has 0 fully saturated rings. The summed E-state index contributed by atoms with van der Waals surface area (Å²) in [5, 5.41) is 3.30. The number of amides is 1. The van der Waals surface area contributed by atoms with Crippen LogP contribution in [-0.4, -0.2) is 17.4 Å². The van der Waals surface area contributed by atoms with Crippen molar-refractivity contribution in [3.63, 3.8) is 0 Å². The molecule has 0 saturated heterocycles. The highest BCUT2D eigenvalue weighted by molar-refractivity contribution is 9.10. The third-order valence-electron chi connectivity index (χ3n) is 2.01. The Labute approximate surface area is 119 Å². The first-order valence-electron chi connectivity index (χ1n) is 5.01. The molecule has 0 heterocycles. The van der Waals surface area contributed by atoms with Gasteiger partial charge < -0.3 is 11.1 Å². The summed E-state index contributed by atoms with van der Waals surface area (Å²) in [7, 11) is 0. The van der Waals surface area contributed by atoms with E-state index in [-0.39, 0.29) is 5.91 Å². The quantitative estimate of drug-likeness (QED) is 0.642. The van der Waals surface area contributed by atoms with Gasteiger partial charge in [0.05, 0.1) is 4.99 Å². The Morgan fingerprint density at radius 1 is 1.47 bits per heavy atom. The molecule has 3 N–H and O–H groups in total. The zero-order valence-corrected chi connectivity index (χ0v) is 12.2. The molecule has 0 unspecified atom stereocenters. The fourth-order valence-corrected chi connectivity index (χ4v) is 2.26. The van der Waals surface area contributed by atoms with Gasteiger partial charge in [0.1, 0.15) is 0 Å². The number of nitrogens with one attached hydrogen (secondary N) is 1. The second kappa shape index (κ2) is 6.93. The summed E-state index contributed by atoms with van der Waals surface area (Å²) >= 11 is 13.9. The van der Waals surface area contributed by atoms with Crippen LogP contribution < -0.4 is 11.1 Å². The van der Waals surface area contributed by atoms with E-state index in [1.165, 1.54) is 0 Å². The Kier molecular flexibility index (Phi) is 5.88. The van der Waals surface area contributed by atoms with Gasteiger partial charge in [-0.15, -0.1) is 0 Å². The van der Waals surface area contributed by atoms with Gasteiger partial charge in [-0.3, -0.25) is 4.79 Å². The molecule has 6 heteroatoms. The van der Waals surface area contributed by atoms with Crippen molar-refractivity contribution in [2.45, 2.75) is 12.8 Å². The predicted molar refractivity (Wildman–Crippen MR) is 77.5 cm³/mol. The molecule has 1 aromatic carbocycles. The number of nitrogens with two attached hydrogens (primary N) is 1. The zero-order valence-electron chi connectivity index (χ0n) is 9.00. The van der Waals surface area contributed by atoms with E-state index in [0.29, 0.717) is 28.5 Å². The van der Waals surface area contributed by atoms with Crippen LogP contribution >= 0.6 is 39.7 Å². The second-order valence-corrected chi connectivity index (χ2v) is 5.36. The third-order valence-corrected chi connectivity index (χ3v) is 2.89. The molecule has 1 amide bonds. The summed E-state index contributed by atoms with van der Waals surface area (Å²) in [6.45, 7) is 0.542. The monoisotopic (exact) mass is 334 g/mol. The first-order valence-corrected chi connectivity index (χ1v) is 6.59. The molecule has 3 nitrogen and oxygen atoms in total. The normalized spacial score (nSPS) is 10.0. The van der Waals surface area contributed by atoms with Gasteiger partial charge >= 0.3 is 0 Å². The van der Waals surface area contributed by atoms with Crippen LogP contribution in [-0.2, 0) is 0 Å². The van der Waals surface area contributed by atoms with Crippen molar-refractivity contribution >= 4 is 50.6 Å². The molecule has 17 heavy (non-hydrogen) atoms. The Hall–Kier alpha value is -0.650. The van der Waals surface area contributed by atoms with Gasteiger partial charge in [-0.05, 0) is 31.0 Å². The Morgan fingerprint density at radius 2 is 2.18 bits per heavy atom. The molecule has 0 saturated carbocycles. The lowest BCUT2D eigenvalue weighted by molar-refractivity contribution is 0.0953. The van der Waals surface area contributed by atoms with Crippen LogP contribution in [0.1, 0.15) is 23.2 Å². The number of carbonyl (C=O) groups excluding carboxylic acids is 1. The van der Waals surface area contributed by atoms with Crippen LogP contribution in [0.4, 0.5) is 0 Å². The van der Waals surface area contributed by atoms with Crippen LogP contribution in [0.5, 0.6) is 0 Å². The van der Waals surface area contributed by atoms with Gasteiger partial charge in [-0.2, -0.15) is 0 Å². The Morgan fingerprint density at radius 3 is 2.76 bits per heavy atom. The lowest BCUT2D eigenvalue weighted by Crippen LogP contribution is -2.25. The summed E-state index contributed by atoms with van der Waals surface area (Å²) in [5.74, 6) is -0.156. The number of benzene rings is 1. The largest absolute Gasteiger partial charge is 0.393 e. The van der Waals surface area contributed by atoms with Crippen LogP contribution in [0.3, 0.4) is 0 Å². The molecular formula is C11H12BrClN2OS. The molecule has 0 bridgehead atoms. The van der Waals surface area contributed by atoms with Crippen molar-refractivity contribution in [1.29, 1.82) is 0 Å². The van der Waals surface area contributed by atoms with Crippen LogP contribution in [0.25, 0.3) is 0 Å². The Bertz CT molecular complexity index is 419. The van der Waals surface area contributed by atoms with E-state index in [1.54, 1.807) is 18.2 Å². The number of halogens is 2. The maximum absolute atomic E-state index is 11.7. The lowest BCUT2D eigenvalue weighted by Gasteiger charge is -2.05. The van der Waals surface area contributed by atoms with E-state index in [9.17, 15) is 4.79 Å². The van der Waals surface area contributed by atoms with Crippen molar-refractivity contribution in [2.75, 3.05) is 6.54 Å². The molecule has 1 aromatic rings. The standard InChI is InChI=1S/C11H12BrClN2OS/c12-8-4-7(5-9(13)6-8)11(16)15-3-1-2-10(14)17/h4-6H,1-3H2,(H2,14,17)(H,15,16). The molecule has 0 radical (unpaired) electrons. The van der Waals surface area contributed by atoms with Gasteiger partial charge in [0.15, 0.2) is 0 Å². The van der Waals surface area contributed by atoms with E-state index < -0.39 is 0 Å². The van der Waals surface area contributed by atoms with E-state index in [1.807, 2.05) is 0 Å². The van der Waals surface area contributed by atoms with Crippen molar-refractivity contribution in [2.24, 2.45) is 5.73 Å². The average molecular weight is 336 g/mol. The van der Waals surface area contributed by atoms with Crippen molar-refractivity contribution in [1.82, 2.24) is 5.32 Å². The number of carbonyl (C=O) groups is 1. The van der Waals surface area contributed by atoms with Crippen LogP contribution in [0.15, 0.2) is 22.7 Å². The highest BCUT2D eigenvalue weighted by atomic mass is 79.9. The molecule has 92 valence electrons. The molecular weight excluding hydrogens is 324 g/mol. The van der Waals surface area contributed by atoms with Gasteiger partial charge in [0.2, 0.25) is 0 Å². The molecule has 0 aliphatic carbocycles. The Balaban J connectivity index is 2.49. The highest BCUT2D eigenvalue weighted by Gasteiger charge is 2.06. The van der Waals surface area contributed by atoms with Gasteiger partial charge in [0, 0.05) is 21.6 Å². The number of thiocarbonyl (C=S) groups is 1. The molecule has 0 aromatic heterocycles. The van der Waals surface area contributed by atoms with Crippen molar-refractivity contribution in [3.8, 4) is 0 Å². The van der Waals surface area contributed by atoms with Gasteiger partial charge in [-0.1, -0.05) is 39.7 Å². The van der Waals surface area contributed by atoms with Crippen LogP contribution in [0, 0.1) is 0 Å². The summed E-state index contributed by atoms with van der Waals surface area (Å²) in [4.78, 5) is 12.2. The molecule has 0 aliphatic rings. The van der Waals surface area contributed by atoms with Gasteiger partial charge in [-0.25, -0.2) is 0 Å². The second-order valence-electron chi connectivity index (χ2n) is 3.48. The summed E-state index contributed by atoms with van der Waals surface area (Å²) < 4.78 is 0.776. The predicted octanol–water partition coefficient (Wildman–Crippen LogP) is 2.90. The van der Waals surface area contributed by atoms with Gasteiger partial charge in [0.25, 0.3) is 5.91 Å². The maximum atomic E-state index is 11.7. The van der Waals surface area contributed by atoms with Crippen molar-refractivity contribution in [3.05, 3.63) is 33.3 Å². The van der Waals surface area contributed by atoms with E-state index >= 15 is 0 Å². The molecule has 0 spiro atoms. The summed E-state index contributed by atoms with van der Waals surface area (Å²) in [5.41, 5.74) is 5.88. The maximum Gasteiger partial charge on any atom is 0.251 e. The fraction of sp³-hybridized carbons (Fsp3) is 0.273. The molecule has 1 rings (SSSR count). The van der Waals surface area contributed by atoms with Crippen LogP contribution in [0.2, 0.25) is 5.02 Å². The van der Waals surface area contributed by atoms with E-state index in [2.05, 4.69) is 21.2 Å². The van der Waals surface area contributed by atoms with E-state index in [4.69, 9.17) is 29.6 Å².